The number of hydrogen-bond acceptors (Lipinski definition) is 2. The van der Waals surface area contributed by atoms with E-state index in [9.17, 15) is 0 Å². The van der Waals surface area contributed by atoms with Crippen molar-refractivity contribution in [2.24, 2.45) is 0 Å². The average Bonchev–Trinajstić information content (AvgIpc) is 3.64. The minimum Gasteiger partial charge on any atom is -0.454 e. The first-order chi connectivity index (χ1) is 26.8. The van der Waals surface area contributed by atoms with E-state index in [1.54, 1.807) is 0 Å². The minimum absolute atomic E-state index is 0.858. The van der Waals surface area contributed by atoms with Crippen LogP contribution in [0.1, 0.15) is 0 Å². The SMILES string of the molecule is c1ccc(-c2ccc(N(c3ccc(-c4c(-c5ccccc5)ccc5ccccc45)cc3)c3cccc4c3oc3ccccc34)cc2-c2ccccc2)cc1. The van der Waals surface area contributed by atoms with E-state index in [2.05, 4.69) is 211 Å². The van der Waals surface area contributed by atoms with Crippen molar-refractivity contribution < 1.29 is 4.42 Å². The highest BCUT2D eigenvalue weighted by molar-refractivity contribution is 6.10. The molecular weight excluding hydrogens is 655 g/mol. The summed E-state index contributed by atoms with van der Waals surface area (Å²) in [6, 6.07) is 75.8. The third-order valence-corrected chi connectivity index (χ3v) is 10.5. The number of rotatable bonds is 7. The lowest BCUT2D eigenvalue weighted by atomic mass is 9.89. The molecule has 0 aliphatic rings. The fraction of sp³-hybridized carbons (Fsp3) is 0. The predicted molar refractivity (Wildman–Crippen MR) is 228 cm³/mol. The van der Waals surface area contributed by atoms with Crippen LogP contribution in [0.4, 0.5) is 17.1 Å². The number of para-hydroxylation sites is 2. The van der Waals surface area contributed by atoms with Gasteiger partial charge in [0, 0.05) is 22.1 Å². The minimum atomic E-state index is 0.858. The molecule has 54 heavy (non-hydrogen) atoms. The highest BCUT2D eigenvalue weighted by atomic mass is 16.3. The smallest absolute Gasteiger partial charge is 0.159 e. The monoisotopic (exact) mass is 689 g/mol. The van der Waals surface area contributed by atoms with Crippen LogP contribution in [-0.2, 0) is 0 Å². The summed E-state index contributed by atoms with van der Waals surface area (Å²) in [5.41, 5.74) is 14.3. The number of anilines is 3. The summed E-state index contributed by atoms with van der Waals surface area (Å²) in [6.07, 6.45) is 0. The van der Waals surface area contributed by atoms with Crippen LogP contribution in [0.2, 0.25) is 0 Å². The number of benzene rings is 9. The lowest BCUT2D eigenvalue weighted by molar-refractivity contribution is 0.669. The van der Waals surface area contributed by atoms with Gasteiger partial charge in [0.15, 0.2) is 5.58 Å². The van der Waals surface area contributed by atoms with Crippen LogP contribution < -0.4 is 4.90 Å². The Kier molecular flexibility index (Phi) is 7.85. The standard InChI is InChI=1S/C52H35NO/c1-4-15-36(16-5-1)43-34-32-42(35-48(43)38-19-8-3-9-20-38)53(49-25-14-24-47-46-23-12-13-26-50(46)54-52(47)49)41-30-27-40(28-31-41)51-44-22-11-10-21-39(44)29-33-45(51)37-17-6-2-7-18-37/h1-35H. The van der Waals surface area contributed by atoms with Crippen molar-refractivity contribution in [1.29, 1.82) is 0 Å². The summed E-state index contributed by atoms with van der Waals surface area (Å²) in [4.78, 5) is 2.34. The second-order valence-electron chi connectivity index (χ2n) is 13.7. The Morgan fingerprint density at radius 3 is 1.61 bits per heavy atom. The molecule has 0 aliphatic heterocycles. The fourth-order valence-corrected chi connectivity index (χ4v) is 7.95. The van der Waals surface area contributed by atoms with Gasteiger partial charge in [0.25, 0.3) is 0 Å². The molecule has 0 bridgehead atoms. The van der Waals surface area contributed by atoms with Gasteiger partial charge in [-0.05, 0) is 91.7 Å². The summed E-state index contributed by atoms with van der Waals surface area (Å²) in [6.45, 7) is 0. The molecule has 2 nitrogen and oxygen atoms in total. The van der Waals surface area contributed by atoms with E-state index in [1.807, 2.05) is 6.07 Å². The van der Waals surface area contributed by atoms with E-state index in [-0.39, 0.29) is 0 Å². The zero-order valence-electron chi connectivity index (χ0n) is 29.6. The Bertz CT molecular complexity index is 2910. The van der Waals surface area contributed by atoms with E-state index in [0.717, 1.165) is 39.0 Å². The predicted octanol–water partition coefficient (Wildman–Crippen LogP) is 14.9. The third-order valence-electron chi connectivity index (χ3n) is 10.5. The normalized spacial score (nSPS) is 11.3. The molecule has 0 spiro atoms. The Morgan fingerprint density at radius 2 is 0.889 bits per heavy atom. The van der Waals surface area contributed by atoms with Crippen molar-refractivity contribution in [3.63, 3.8) is 0 Å². The number of furan rings is 1. The molecule has 0 saturated carbocycles. The second kappa shape index (κ2) is 13.4. The Balaban J connectivity index is 1.19. The summed E-state index contributed by atoms with van der Waals surface area (Å²) in [7, 11) is 0. The van der Waals surface area contributed by atoms with Crippen LogP contribution in [-0.4, -0.2) is 0 Å². The van der Waals surface area contributed by atoms with E-state index in [1.165, 1.54) is 55.3 Å². The molecule has 1 aromatic heterocycles. The number of nitrogens with zero attached hydrogens (tertiary/aromatic N) is 1. The van der Waals surface area contributed by atoms with Gasteiger partial charge in [-0.1, -0.05) is 176 Å². The molecule has 0 unspecified atom stereocenters. The summed E-state index contributed by atoms with van der Waals surface area (Å²) >= 11 is 0. The zero-order chi connectivity index (χ0) is 35.8. The van der Waals surface area contributed by atoms with E-state index in [0.29, 0.717) is 0 Å². The van der Waals surface area contributed by atoms with Gasteiger partial charge >= 0.3 is 0 Å². The van der Waals surface area contributed by atoms with Crippen LogP contribution in [0.25, 0.3) is 77.2 Å². The zero-order valence-corrected chi connectivity index (χ0v) is 29.6. The van der Waals surface area contributed by atoms with Gasteiger partial charge in [-0.25, -0.2) is 0 Å². The van der Waals surface area contributed by atoms with Crippen LogP contribution in [0.3, 0.4) is 0 Å². The van der Waals surface area contributed by atoms with Gasteiger partial charge < -0.3 is 9.32 Å². The van der Waals surface area contributed by atoms with Gasteiger partial charge in [0.05, 0.1) is 5.69 Å². The number of fused-ring (bicyclic) bond motifs is 4. The first-order valence-corrected chi connectivity index (χ1v) is 18.4. The highest BCUT2D eigenvalue weighted by Crippen LogP contribution is 2.46. The molecule has 0 radical (unpaired) electrons. The van der Waals surface area contributed by atoms with E-state index in [4.69, 9.17) is 4.42 Å². The molecule has 0 fully saturated rings. The maximum atomic E-state index is 6.68. The first-order valence-electron chi connectivity index (χ1n) is 18.4. The Hall–Kier alpha value is -7.16. The van der Waals surface area contributed by atoms with E-state index >= 15 is 0 Å². The molecule has 9 aromatic carbocycles. The van der Waals surface area contributed by atoms with Crippen LogP contribution in [0, 0.1) is 0 Å². The van der Waals surface area contributed by atoms with Gasteiger partial charge in [-0.2, -0.15) is 0 Å². The molecule has 254 valence electrons. The molecule has 2 heteroatoms. The molecule has 0 amide bonds. The maximum absolute atomic E-state index is 6.68. The lowest BCUT2D eigenvalue weighted by Crippen LogP contribution is -2.10. The van der Waals surface area contributed by atoms with Gasteiger partial charge in [0.2, 0.25) is 0 Å². The van der Waals surface area contributed by atoms with Crippen molar-refractivity contribution in [3.8, 4) is 44.5 Å². The lowest BCUT2D eigenvalue weighted by Gasteiger charge is -2.27. The van der Waals surface area contributed by atoms with Crippen molar-refractivity contribution in [1.82, 2.24) is 0 Å². The molecular formula is C52H35NO. The van der Waals surface area contributed by atoms with Crippen molar-refractivity contribution in [3.05, 3.63) is 212 Å². The van der Waals surface area contributed by atoms with E-state index < -0.39 is 0 Å². The average molecular weight is 690 g/mol. The van der Waals surface area contributed by atoms with Crippen LogP contribution >= 0.6 is 0 Å². The van der Waals surface area contributed by atoms with Crippen LogP contribution in [0.5, 0.6) is 0 Å². The topological polar surface area (TPSA) is 16.4 Å². The largest absolute Gasteiger partial charge is 0.454 e. The van der Waals surface area contributed by atoms with Crippen LogP contribution in [0.15, 0.2) is 217 Å². The van der Waals surface area contributed by atoms with Gasteiger partial charge in [-0.3, -0.25) is 0 Å². The Labute approximate surface area is 314 Å². The van der Waals surface area contributed by atoms with Crippen molar-refractivity contribution >= 4 is 49.8 Å². The number of hydrogen-bond donors (Lipinski definition) is 0. The van der Waals surface area contributed by atoms with Crippen molar-refractivity contribution in [2.45, 2.75) is 0 Å². The molecule has 10 aromatic rings. The molecule has 0 N–H and O–H groups in total. The second-order valence-corrected chi connectivity index (χ2v) is 13.7. The van der Waals surface area contributed by atoms with Gasteiger partial charge in [0.1, 0.15) is 5.58 Å². The molecule has 0 saturated heterocycles. The molecule has 0 atom stereocenters. The molecule has 10 rings (SSSR count). The summed E-state index contributed by atoms with van der Waals surface area (Å²) < 4.78 is 6.68. The fourth-order valence-electron chi connectivity index (χ4n) is 7.95. The first kappa shape index (κ1) is 31.6. The quantitative estimate of drug-likeness (QED) is 0.166. The summed E-state index contributed by atoms with van der Waals surface area (Å²) in [5, 5.41) is 4.66. The highest BCUT2D eigenvalue weighted by Gasteiger charge is 2.22. The van der Waals surface area contributed by atoms with Gasteiger partial charge in [-0.15, -0.1) is 0 Å². The Morgan fingerprint density at radius 1 is 0.333 bits per heavy atom. The maximum Gasteiger partial charge on any atom is 0.159 e. The third kappa shape index (κ3) is 5.53. The molecule has 0 aliphatic carbocycles. The molecule has 1 heterocycles. The summed E-state index contributed by atoms with van der Waals surface area (Å²) in [5.74, 6) is 0. The van der Waals surface area contributed by atoms with Crippen molar-refractivity contribution in [2.75, 3.05) is 4.90 Å².